The van der Waals surface area contributed by atoms with Gasteiger partial charge in [0.1, 0.15) is 6.04 Å². The highest BCUT2D eigenvalue weighted by atomic mass is 32.2. The molecule has 0 radical (unpaired) electrons. The topological polar surface area (TPSA) is 66.9 Å². The van der Waals surface area contributed by atoms with Crippen LogP contribution in [0, 0.1) is 0 Å². The van der Waals surface area contributed by atoms with Gasteiger partial charge >= 0.3 is 0 Å². The number of ether oxygens (including phenoxy) is 1. The molecule has 0 bridgehead atoms. The van der Waals surface area contributed by atoms with Crippen LogP contribution in [0.2, 0.25) is 0 Å². The van der Waals surface area contributed by atoms with E-state index in [2.05, 4.69) is 0 Å². The lowest BCUT2D eigenvalue weighted by molar-refractivity contribution is -0.138. The Morgan fingerprint density at radius 2 is 1.62 bits per heavy atom. The van der Waals surface area contributed by atoms with E-state index in [1.807, 2.05) is 0 Å². The van der Waals surface area contributed by atoms with Gasteiger partial charge in [0, 0.05) is 19.6 Å². The summed E-state index contributed by atoms with van der Waals surface area (Å²) >= 11 is 0. The fourth-order valence-electron chi connectivity index (χ4n) is 3.66. The minimum absolute atomic E-state index is 0.0302. The third kappa shape index (κ3) is 2.96. The highest BCUT2D eigenvalue weighted by Crippen LogP contribution is 2.32. The molecule has 2 saturated heterocycles. The number of carbonyl (C=O) groups is 1. The molecular formula is C14H24N2O4S. The monoisotopic (exact) mass is 316 g/mol. The molecule has 0 aromatic heterocycles. The van der Waals surface area contributed by atoms with Crippen molar-refractivity contribution < 1.29 is 17.9 Å². The number of hydrogen-bond donors (Lipinski definition) is 0. The summed E-state index contributed by atoms with van der Waals surface area (Å²) in [6.07, 6.45) is 4.91. The average molecular weight is 316 g/mol. The van der Waals surface area contributed by atoms with Crippen LogP contribution in [0.15, 0.2) is 0 Å². The van der Waals surface area contributed by atoms with Crippen molar-refractivity contribution in [3.05, 3.63) is 0 Å². The molecule has 1 amide bonds. The van der Waals surface area contributed by atoms with Crippen LogP contribution in [0.4, 0.5) is 0 Å². The second-order valence-electron chi connectivity index (χ2n) is 6.16. The molecule has 6 nitrogen and oxygen atoms in total. The lowest BCUT2D eigenvalue weighted by Gasteiger charge is -2.33. The normalized spacial score (nSPS) is 29.1. The predicted octanol–water partition coefficient (Wildman–Crippen LogP) is 0.582. The number of morpholine rings is 1. The fraction of sp³-hybridized carbons (Fsp3) is 0.929. The van der Waals surface area contributed by atoms with Crippen LogP contribution >= 0.6 is 0 Å². The molecule has 0 spiro atoms. The van der Waals surface area contributed by atoms with Gasteiger partial charge in [-0.3, -0.25) is 4.79 Å². The van der Waals surface area contributed by atoms with Gasteiger partial charge < -0.3 is 9.64 Å². The number of amides is 1. The quantitative estimate of drug-likeness (QED) is 0.764. The van der Waals surface area contributed by atoms with E-state index in [9.17, 15) is 13.2 Å². The van der Waals surface area contributed by atoms with Crippen LogP contribution in [-0.2, 0) is 19.6 Å². The predicted molar refractivity (Wildman–Crippen MR) is 78.3 cm³/mol. The van der Waals surface area contributed by atoms with Gasteiger partial charge in [0.25, 0.3) is 0 Å². The molecule has 7 heteroatoms. The Bertz CT molecular complexity index is 481. The van der Waals surface area contributed by atoms with Crippen molar-refractivity contribution in [3.63, 3.8) is 0 Å². The first kappa shape index (κ1) is 15.2. The Morgan fingerprint density at radius 3 is 2.29 bits per heavy atom. The van der Waals surface area contributed by atoms with E-state index in [0.717, 1.165) is 32.1 Å². The first-order valence-electron chi connectivity index (χ1n) is 7.98. The Hall–Kier alpha value is -0.660. The molecule has 1 atom stereocenters. The van der Waals surface area contributed by atoms with E-state index in [4.69, 9.17) is 4.74 Å². The molecule has 2 heterocycles. The first-order chi connectivity index (χ1) is 10.1. The van der Waals surface area contributed by atoms with Crippen LogP contribution in [0.3, 0.4) is 0 Å². The number of sulfonamides is 1. The van der Waals surface area contributed by atoms with Crippen molar-refractivity contribution in [2.75, 3.05) is 32.8 Å². The zero-order valence-corrected chi connectivity index (χ0v) is 13.2. The molecule has 1 saturated carbocycles. The van der Waals surface area contributed by atoms with Crippen LogP contribution in [0.5, 0.6) is 0 Å². The lowest BCUT2D eigenvalue weighted by Crippen LogP contribution is -2.52. The molecule has 0 aromatic rings. The largest absolute Gasteiger partial charge is 0.378 e. The number of rotatable bonds is 3. The van der Waals surface area contributed by atoms with E-state index < -0.39 is 16.1 Å². The SMILES string of the molecule is O=C([C@@H]1CCCN1S(=O)(=O)C1CCCC1)N1CCOCC1. The second kappa shape index (κ2) is 6.22. The summed E-state index contributed by atoms with van der Waals surface area (Å²) in [5.74, 6) is -0.0302. The Labute approximate surface area is 126 Å². The van der Waals surface area contributed by atoms with Crippen LogP contribution < -0.4 is 0 Å². The maximum atomic E-state index is 12.8. The Kier molecular flexibility index (Phi) is 4.51. The maximum absolute atomic E-state index is 12.8. The first-order valence-corrected chi connectivity index (χ1v) is 9.48. The standard InChI is InChI=1S/C14H24N2O4S/c17-14(15-8-10-20-11-9-15)13-6-3-7-16(13)21(18,19)12-4-1-2-5-12/h12-13H,1-11H2/t13-/m0/s1. The summed E-state index contributed by atoms with van der Waals surface area (Å²) < 4.78 is 32.3. The number of carbonyl (C=O) groups excluding carboxylic acids is 1. The molecule has 21 heavy (non-hydrogen) atoms. The molecule has 0 aromatic carbocycles. The average Bonchev–Trinajstić information content (AvgIpc) is 3.19. The summed E-state index contributed by atoms with van der Waals surface area (Å²) in [7, 11) is -3.32. The molecule has 3 fully saturated rings. The van der Waals surface area contributed by atoms with E-state index in [0.29, 0.717) is 39.3 Å². The Morgan fingerprint density at radius 1 is 0.952 bits per heavy atom. The van der Waals surface area contributed by atoms with Crippen LogP contribution in [0.1, 0.15) is 38.5 Å². The molecule has 0 N–H and O–H groups in total. The van der Waals surface area contributed by atoms with Crippen molar-refractivity contribution in [3.8, 4) is 0 Å². The smallest absolute Gasteiger partial charge is 0.241 e. The molecule has 120 valence electrons. The van der Waals surface area contributed by atoms with Crippen LogP contribution in [-0.4, -0.2) is 67.7 Å². The molecule has 0 unspecified atom stereocenters. The van der Waals surface area contributed by atoms with E-state index in [-0.39, 0.29) is 11.2 Å². The van der Waals surface area contributed by atoms with Gasteiger partial charge in [-0.1, -0.05) is 12.8 Å². The fourth-order valence-corrected chi connectivity index (χ4v) is 5.91. The van der Waals surface area contributed by atoms with Gasteiger partial charge in [0.2, 0.25) is 15.9 Å². The molecule has 2 aliphatic heterocycles. The van der Waals surface area contributed by atoms with Crippen molar-refractivity contribution in [1.29, 1.82) is 0 Å². The summed E-state index contributed by atoms with van der Waals surface area (Å²) in [4.78, 5) is 14.4. The van der Waals surface area contributed by atoms with E-state index >= 15 is 0 Å². The zero-order valence-electron chi connectivity index (χ0n) is 12.4. The number of nitrogens with zero attached hydrogens (tertiary/aromatic N) is 2. The molecule has 3 aliphatic rings. The van der Waals surface area contributed by atoms with Gasteiger partial charge in [0.15, 0.2) is 0 Å². The van der Waals surface area contributed by atoms with Gasteiger partial charge in [0.05, 0.1) is 18.5 Å². The maximum Gasteiger partial charge on any atom is 0.241 e. The highest BCUT2D eigenvalue weighted by Gasteiger charge is 2.44. The number of hydrogen-bond acceptors (Lipinski definition) is 4. The van der Waals surface area contributed by atoms with Gasteiger partial charge in [-0.15, -0.1) is 0 Å². The van der Waals surface area contributed by atoms with Crippen LogP contribution in [0.25, 0.3) is 0 Å². The lowest BCUT2D eigenvalue weighted by atomic mass is 10.2. The minimum atomic E-state index is -3.32. The van der Waals surface area contributed by atoms with Crippen molar-refractivity contribution in [1.82, 2.24) is 9.21 Å². The summed E-state index contributed by atoms with van der Waals surface area (Å²) in [5, 5.41) is -0.268. The van der Waals surface area contributed by atoms with Crippen molar-refractivity contribution in [2.45, 2.75) is 49.8 Å². The zero-order chi connectivity index (χ0) is 14.9. The summed E-state index contributed by atoms with van der Waals surface area (Å²) in [6.45, 7) is 2.75. The third-order valence-electron chi connectivity index (χ3n) is 4.86. The minimum Gasteiger partial charge on any atom is -0.378 e. The molecule has 1 aliphatic carbocycles. The van der Waals surface area contributed by atoms with Gasteiger partial charge in [-0.2, -0.15) is 4.31 Å². The summed E-state index contributed by atoms with van der Waals surface area (Å²) in [5.41, 5.74) is 0. The molecular weight excluding hydrogens is 292 g/mol. The third-order valence-corrected chi connectivity index (χ3v) is 7.27. The van der Waals surface area contributed by atoms with Crippen molar-refractivity contribution in [2.24, 2.45) is 0 Å². The Balaban J connectivity index is 1.73. The second-order valence-corrected chi connectivity index (χ2v) is 8.32. The van der Waals surface area contributed by atoms with Gasteiger partial charge in [-0.25, -0.2) is 8.42 Å². The van der Waals surface area contributed by atoms with E-state index in [1.165, 1.54) is 4.31 Å². The molecule has 3 rings (SSSR count). The highest BCUT2D eigenvalue weighted by molar-refractivity contribution is 7.89. The van der Waals surface area contributed by atoms with E-state index in [1.54, 1.807) is 4.90 Å². The summed E-state index contributed by atoms with van der Waals surface area (Å²) in [6, 6.07) is -0.478. The van der Waals surface area contributed by atoms with Gasteiger partial charge in [-0.05, 0) is 25.7 Å². The van der Waals surface area contributed by atoms with Crippen molar-refractivity contribution >= 4 is 15.9 Å².